The van der Waals surface area contributed by atoms with Crippen molar-refractivity contribution in [2.45, 2.75) is 51.7 Å². The van der Waals surface area contributed by atoms with Gasteiger partial charge in [-0.1, -0.05) is 99.6 Å². The van der Waals surface area contributed by atoms with Crippen LogP contribution in [0.15, 0.2) is 93.6 Å². The van der Waals surface area contributed by atoms with Gasteiger partial charge >= 0.3 is 5.69 Å². The Labute approximate surface area is 282 Å². The van der Waals surface area contributed by atoms with Crippen LogP contribution in [0.2, 0.25) is 5.02 Å². The number of rotatable bonds is 12. The van der Waals surface area contributed by atoms with Crippen molar-refractivity contribution in [3.05, 3.63) is 116 Å². The van der Waals surface area contributed by atoms with Crippen LogP contribution < -0.4 is 21.9 Å². The molecule has 0 aliphatic carbocycles. The van der Waals surface area contributed by atoms with Crippen LogP contribution in [0.25, 0.3) is 17.1 Å². The summed E-state index contributed by atoms with van der Waals surface area (Å²) >= 11 is 7.40. The summed E-state index contributed by atoms with van der Waals surface area (Å²) in [6, 6.07) is 24.7. The van der Waals surface area contributed by atoms with E-state index in [2.05, 4.69) is 35.1 Å². The minimum absolute atomic E-state index is 0.0414. The van der Waals surface area contributed by atoms with Crippen LogP contribution in [0.4, 0.5) is 11.5 Å². The van der Waals surface area contributed by atoms with Crippen LogP contribution in [0.1, 0.15) is 51.2 Å². The molecule has 0 aliphatic rings. The second kappa shape index (κ2) is 14.9. The van der Waals surface area contributed by atoms with E-state index in [1.807, 2.05) is 79.1 Å². The largest absolute Gasteiger partial charge is 0.383 e. The van der Waals surface area contributed by atoms with Crippen LogP contribution in [-0.2, 0) is 11.3 Å². The first kappa shape index (κ1) is 33.7. The number of aromatic nitrogens is 5. The number of amides is 1. The Morgan fingerprint density at radius 3 is 2.32 bits per heavy atom. The summed E-state index contributed by atoms with van der Waals surface area (Å²) < 4.78 is 3.24. The van der Waals surface area contributed by atoms with Gasteiger partial charge < -0.3 is 10.6 Å². The lowest BCUT2D eigenvalue weighted by Gasteiger charge is -2.25. The van der Waals surface area contributed by atoms with E-state index >= 15 is 0 Å². The molecule has 0 atom stereocenters. The van der Waals surface area contributed by atoms with E-state index < -0.39 is 11.2 Å². The van der Waals surface area contributed by atoms with Crippen molar-refractivity contribution in [3.63, 3.8) is 0 Å². The highest BCUT2D eigenvalue weighted by Crippen LogP contribution is 2.33. The fourth-order valence-electron chi connectivity index (χ4n) is 5.26. The predicted octanol–water partition coefficient (Wildman–Crippen LogP) is 6.36. The van der Waals surface area contributed by atoms with Gasteiger partial charge in [-0.3, -0.25) is 23.7 Å². The SMILES string of the molecule is CC(C)CCN(C(=O)CSc1nnc(-c2ccc(Cl)cc2)n1-c1ccccc1C(C)C)c1c(N)n(Cc2ccccc2)c(=O)[nH]c1=O. The van der Waals surface area contributed by atoms with Crippen LogP contribution in [0, 0.1) is 5.92 Å². The van der Waals surface area contributed by atoms with Gasteiger partial charge in [0.15, 0.2) is 16.7 Å². The molecule has 12 heteroatoms. The van der Waals surface area contributed by atoms with E-state index in [1.165, 1.54) is 21.2 Å². The first-order valence-corrected chi connectivity index (χ1v) is 16.8. The van der Waals surface area contributed by atoms with E-state index in [-0.39, 0.29) is 48.1 Å². The minimum Gasteiger partial charge on any atom is -0.383 e. The van der Waals surface area contributed by atoms with Crippen molar-refractivity contribution >= 4 is 40.8 Å². The Kier molecular flexibility index (Phi) is 10.7. The van der Waals surface area contributed by atoms with Gasteiger partial charge in [0.2, 0.25) is 5.91 Å². The van der Waals surface area contributed by atoms with E-state index in [9.17, 15) is 14.4 Å². The quantitative estimate of drug-likeness (QED) is 0.148. The number of anilines is 2. The second-order valence-corrected chi connectivity index (χ2v) is 13.3. The summed E-state index contributed by atoms with van der Waals surface area (Å²) in [4.78, 5) is 44.0. The third-order valence-corrected chi connectivity index (χ3v) is 8.92. The van der Waals surface area contributed by atoms with Gasteiger partial charge in [-0.05, 0) is 59.7 Å². The molecule has 5 rings (SSSR count). The Bertz CT molecular complexity index is 1970. The molecule has 0 spiro atoms. The van der Waals surface area contributed by atoms with Gasteiger partial charge in [0.05, 0.1) is 18.0 Å². The molecule has 10 nitrogen and oxygen atoms in total. The molecule has 0 radical (unpaired) electrons. The number of nitrogens with one attached hydrogen (secondary N) is 1. The molecule has 2 heterocycles. The first-order chi connectivity index (χ1) is 22.5. The number of para-hydroxylation sites is 1. The summed E-state index contributed by atoms with van der Waals surface area (Å²) in [6.07, 6.45) is 0.617. The number of hydrogen-bond donors (Lipinski definition) is 2. The van der Waals surface area contributed by atoms with Gasteiger partial charge in [-0.2, -0.15) is 0 Å². The normalized spacial score (nSPS) is 11.4. The fourth-order valence-corrected chi connectivity index (χ4v) is 6.21. The number of halogens is 1. The topological polar surface area (TPSA) is 132 Å². The Hall–Kier alpha value is -4.61. The van der Waals surface area contributed by atoms with Gasteiger partial charge in [-0.15, -0.1) is 10.2 Å². The monoisotopic (exact) mass is 671 g/mol. The smallest absolute Gasteiger partial charge is 0.330 e. The van der Waals surface area contributed by atoms with Crippen molar-refractivity contribution in [2.75, 3.05) is 22.9 Å². The number of aromatic amines is 1. The molecule has 5 aromatic rings. The van der Waals surface area contributed by atoms with Gasteiger partial charge in [0.1, 0.15) is 5.82 Å². The molecule has 0 unspecified atom stereocenters. The number of H-pyrrole nitrogens is 1. The Morgan fingerprint density at radius 2 is 1.64 bits per heavy atom. The second-order valence-electron chi connectivity index (χ2n) is 11.9. The van der Waals surface area contributed by atoms with Gasteiger partial charge in [0.25, 0.3) is 5.56 Å². The highest BCUT2D eigenvalue weighted by atomic mass is 35.5. The average molecular weight is 672 g/mol. The van der Waals surface area contributed by atoms with Crippen molar-refractivity contribution in [1.29, 1.82) is 0 Å². The molecule has 0 aliphatic heterocycles. The predicted molar refractivity (Wildman–Crippen MR) is 190 cm³/mol. The van der Waals surface area contributed by atoms with Crippen LogP contribution in [0.3, 0.4) is 0 Å². The van der Waals surface area contributed by atoms with Gasteiger partial charge in [-0.25, -0.2) is 4.79 Å². The minimum atomic E-state index is -0.710. The number of carbonyl (C=O) groups is 1. The van der Waals surface area contributed by atoms with Crippen molar-refractivity contribution in [2.24, 2.45) is 5.92 Å². The van der Waals surface area contributed by atoms with E-state index in [4.69, 9.17) is 17.3 Å². The maximum atomic E-state index is 14.1. The maximum Gasteiger partial charge on any atom is 0.330 e. The molecule has 1 amide bonds. The lowest BCUT2D eigenvalue weighted by Crippen LogP contribution is -2.42. The zero-order valence-electron chi connectivity index (χ0n) is 26.8. The van der Waals surface area contributed by atoms with Crippen LogP contribution in [-0.4, -0.2) is 42.5 Å². The molecular formula is C35H38ClN7O3S. The van der Waals surface area contributed by atoms with E-state index in [1.54, 1.807) is 12.1 Å². The summed E-state index contributed by atoms with van der Waals surface area (Å²) in [5.41, 5.74) is 8.76. The Balaban J connectivity index is 1.53. The van der Waals surface area contributed by atoms with Crippen LogP contribution >= 0.6 is 23.4 Å². The molecule has 3 N–H and O–H groups in total. The zero-order chi connectivity index (χ0) is 33.7. The highest BCUT2D eigenvalue weighted by Gasteiger charge is 2.26. The molecule has 0 saturated carbocycles. The van der Waals surface area contributed by atoms with Crippen molar-refractivity contribution in [3.8, 4) is 17.1 Å². The molecule has 244 valence electrons. The van der Waals surface area contributed by atoms with Crippen molar-refractivity contribution < 1.29 is 4.79 Å². The molecule has 0 saturated heterocycles. The van der Waals surface area contributed by atoms with Crippen molar-refractivity contribution in [1.82, 2.24) is 24.3 Å². The molecule has 47 heavy (non-hydrogen) atoms. The molecular weight excluding hydrogens is 634 g/mol. The molecule has 2 aromatic heterocycles. The molecule has 0 bridgehead atoms. The number of carbonyl (C=O) groups excluding carboxylic acids is 1. The lowest BCUT2D eigenvalue weighted by atomic mass is 10.0. The number of nitrogen functional groups attached to an aromatic ring is 1. The average Bonchev–Trinajstić information content (AvgIpc) is 3.47. The Morgan fingerprint density at radius 1 is 0.957 bits per heavy atom. The third kappa shape index (κ3) is 7.69. The zero-order valence-corrected chi connectivity index (χ0v) is 28.4. The van der Waals surface area contributed by atoms with Crippen LogP contribution in [0.5, 0.6) is 0 Å². The number of thioether (sulfide) groups is 1. The first-order valence-electron chi connectivity index (χ1n) is 15.5. The van der Waals surface area contributed by atoms with E-state index in [0.717, 1.165) is 22.4 Å². The van der Waals surface area contributed by atoms with E-state index in [0.29, 0.717) is 22.4 Å². The number of benzene rings is 3. The molecule has 0 fully saturated rings. The van der Waals surface area contributed by atoms with Gasteiger partial charge in [0, 0.05) is 17.1 Å². The standard InChI is InChI=1S/C35H38ClN7O3S/c1-22(2)18-19-41(30-31(37)42(34(46)38-33(30)45)20-24-10-6-5-7-11-24)29(44)21-47-35-40-39-32(25-14-16-26(36)17-15-25)43(35)28-13-9-8-12-27(28)23(3)4/h5-17,22-23H,18-21,37H2,1-4H3,(H,38,45,46). The third-order valence-electron chi connectivity index (χ3n) is 7.76. The summed E-state index contributed by atoms with van der Waals surface area (Å²) in [6.45, 7) is 8.69. The summed E-state index contributed by atoms with van der Waals surface area (Å²) in [5, 5.41) is 10.2. The number of nitrogens with two attached hydrogens (primary N) is 1. The number of nitrogens with zero attached hydrogens (tertiary/aromatic N) is 5. The summed E-state index contributed by atoms with van der Waals surface area (Å²) in [5.74, 6) is 0.582. The summed E-state index contributed by atoms with van der Waals surface area (Å²) in [7, 11) is 0. The highest BCUT2D eigenvalue weighted by molar-refractivity contribution is 7.99. The maximum absolute atomic E-state index is 14.1. The lowest BCUT2D eigenvalue weighted by molar-refractivity contribution is -0.116. The molecule has 3 aromatic carbocycles. The number of hydrogen-bond acceptors (Lipinski definition) is 7. The fraction of sp³-hybridized carbons (Fsp3) is 0.286.